The molecule has 110 valence electrons. The summed E-state index contributed by atoms with van der Waals surface area (Å²) in [7, 11) is 0. The van der Waals surface area contributed by atoms with Gasteiger partial charge in [-0.2, -0.15) is 0 Å². The van der Waals surface area contributed by atoms with E-state index in [9.17, 15) is 9.90 Å². The number of likely N-dealkylation sites (tertiary alicyclic amines) is 1. The van der Waals surface area contributed by atoms with Crippen molar-refractivity contribution in [2.45, 2.75) is 51.5 Å². The Morgan fingerprint density at radius 3 is 2.68 bits per heavy atom. The average molecular weight is 268 g/mol. The van der Waals surface area contributed by atoms with Gasteiger partial charge in [0, 0.05) is 13.1 Å². The van der Waals surface area contributed by atoms with E-state index in [2.05, 4.69) is 24.1 Å². The van der Waals surface area contributed by atoms with Crippen LogP contribution in [0.15, 0.2) is 0 Å². The fourth-order valence-electron chi connectivity index (χ4n) is 3.35. The smallest absolute Gasteiger partial charge is 0.325 e. The highest BCUT2D eigenvalue weighted by atomic mass is 16.4. The average Bonchev–Trinajstić information content (AvgIpc) is 3.18. The van der Waals surface area contributed by atoms with Crippen molar-refractivity contribution >= 4 is 5.97 Å². The maximum atomic E-state index is 11.9. The molecule has 19 heavy (non-hydrogen) atoms. The van der Waals surface area contributed by atoms with Crippen molar-refractivity contribution in [3.63, 3.8) is 0 Å². The molecular weight excluding hydrogens is 240 g/mol. The van der Waals surface area contributed by atoms with Crippen LogP contribution in [0.2, 0.25) is 0 Å². The fourth-order valence-corrected chi connectivity index (χ4v) is 3.35. The first kappa shape index (κ1) is 14.8. The minimum Gasteiger partial charge on any atom is -0.480 e. The topological polar surface area (TPSA) is 52.6 Å². The van der Waals surface area contributed by atoms with E-state index in [-0.39, 0.29) is 0 Å². The van der Waals surface area contributed by atoms with Crippen molar-refractivity contribution in [2.24, 2.45) is 11.8 Å². The van der Waals surface area contributed by atoms with E-state index >= 15 is 0 Å². The lowest BCUT2D eigenvalue weighted by atomic mass is 9.90. The van der Waals surface area contributed by atoms with Crippen LogP contribution in [0.4, 0.5) is 0 Å². The second kappa shape index (κ2) is 6.23. The van der Waals surface area contributed by atoms with Crippen LogP contribution in [-0.4, -0.2) is 47.7 Å². The predicted molar refractivity (Wildman–Crippen MR) is 76.2 cm³/mol. The SMILES string of the molecule is CCCNC(CN1CCCC(C)C1)(C(=O)O)C1CC1. The lowest BCUT2D eigenvalue weighted by molar-refractivity contribution is -0.147. The van der Waals surface area contributed by atoms with Crippen LogP contribution in [0.3, 0.4) is 0 Å². The zero-order valence-electron chi connectivity index (χ0n) is 12.3. The third-order valence-electron chi connectivity index (χ3n) is 4.56. The molecule has 2 N–H and O–H groups in total. The Kier molecular flexibility index (Phi) is 4.85. The Bertz CT molecular complexity index is 317. The van der Waals surface area contributed by atoms with E-state index in [4.69, 9.17) is 0 Å². The standard InChI is InChI=1S/C15H28N2O2/c1-3-8-16-15(14(18)19,13-6-7-13)11-17-9-4-5-12(2)10-17/h12-13,16H,3-11H2,1-2H3,(H,18,19). The molecule has 0 amide bonds. The van der Waals surface area contributed by atoms with Crippen LogP contribution in [0.5, 0.6) is 0 Å². The van der Waals surface area contributed by atoms with Gasteiger partial charge >= 0.3 is 5.97 Å². The van der Waals surface area contributed by atoms with E-state index in [0.29, 0.717) is 18.4 Å². The molecule has 0 aromatic carbocycles. The number of hydrogen-bond donors (Lipinski definition) is 2. The first-order valence-electron chi connectivity index (χ1n) is 7.79. The van der Waals surface area contributed by atoms with Crippen LogP contribution in [-0.2, 0) is 4.79 Å². The van der Waals surface area contributed by atoms with Gasteiger partial charge in [-0.3, -0.25) is 4.79 Å². The van der Waals surface area contributed by atoms with Gasteiger partial charge in [-0.05, 0) is 57.0 Å². The second-order valence-electron chi connectivity index (χ2n) is 6.46. The molecule has 1 aliphatic carbocycles. The van der Waals surface area contributed by atoms with Crippen molar-refractivity contribution in [1.82, 2.24) is 10.2 Å². The summed E-state index contributed by atoms with van der Waals surface area (Å²) < 4.78 is 0. The molecule has 4 nitrogen and oxygen atoms in total. The summed E-state index contributed by atoms with van der Waals surface area (Å²) in [5, 5.41) is 13.1. The zero-order chi connectivity index (χ0) is 13.9. The molecule has 2 atom stereocenters. The van der Waals surface area contributed by atoms with Crippen molar-refractivity contribution in [3.8, 4) is 0 Å². The van der Waals surface area contributed by atoms with Gasteiger partial charge in [0.2, 0.25) is 0 Å². The molecule has 1 saturated heterocycles. The van der Waals surface area contributed by atoms with E-state index in [1.165, 1.54) is 12.8 Å². The van der Waals surface area contributed by atoms with Crippen molar-refractivity contribution < 1.29 is 9.90 Å². The van der Waals surface area contributed by atoms with E-state index in [1.54, 1.807) is 0 Å². The molecule has 1 heterocycles. The van der Waals surface area contributed by atoms with Crippen LogP contribution in [0.1, 0.15) is 46.0 Å². The number of rotatable bonds is 7. The van der Waals surface area contributed by atoms with Gasteiger partial charge in [-0.15, -0.1) is 0 Å². The number of nitrogens with zero attached hydrogens (tertiary/aromatic N) is 1. The molecular formula is C15H28N2O2. The number of carboxylic acids is 1. The molecule has 1 aliphatic heterocycles. The summed E-state index contributed by atoms with van der Waals surface area (Å²) in [6, 6.07) is 0. The van der Waals surface area contributed by atoms with Gasteiger partial charge in [-0.1, -0.05) is 13.8 Å². The molecule has 1 saturated carbocycles. The van der Waals surface area contributed by atoms with Crippen molar-refractivity contribution in [3.05, 3.63) is 0 Å². The number of aliphatic carboxylic acids is 1. The zero-order valence-corrected chi connectivity index (χ0v) is 12.3. The largest absolute Gasteiger partial charge is 0.480 e. The summed E-state index contributed by atoms with van der Waals surface area (Å²) >= 11 is 0. The number of piperidine rings is 1. The summed E-state index contributed by atoms with van der Waals surface area (Å²) in [6.45, 7) is 7.94. The minimum atomic E-state index is -0.701. The highest BCUT2D eigenvalue weighted by molar-refractivity contribution is 5.80. The van der Waals surface area contributed by atoms with Gasteiger partial charge in [0.1, 0.15) is 5.54 Å². The van der Waals surface area contributed by atoms with Crippen molar-refractivity contribution in [2.75, 3.05) is 26.2 Å². The maximum absolute atomic E-state index is 11.9. The summed E-state index contributed by atoms with van der Waals surface area (Å²) in [4.78, 5) is 14.2. The third-order valence-corrected chi connectivity index (χ3v) is 4.56. The second-order valence-corrected chi connectivity index (χ2v) is 6.46. The van der Waals surface area contributed by atoms with Gasteiger partial charge in [0.25, 0.3) is 0 Å². The molecule has 2 rings (SSSR count). The molecule has 4 heteroatoms. The Hall–Kier alpha value is -0.610. The number of hydrogen-bond acceptors (Lipinski definition) is 3. The summed E-state index contributed by atoms with van der Waals surface area (Å²) in [6.07, 6.45) is 5.59. The lowest BCUT2D eigenvalue weighted by Crippen LogP contribution is -2.61. The molecule has 2 unspecified atom stereocenters. The third kappa shape index (κ3) is 3.48. The van der Waals surface area contributed by atoms with Crippen LogP contribution < -0.4 is 5.32 Å². The van der Waals surface area contributed by atoms with Crippen LogP contribution >= 0.6 is 0 Å². The highest BCUT2D eigenvalue weighted by Crippen LogP contribution is 2.41. The normalized spacial score (nSPS) is 28.0. The van der Waals surface area contributed by atoms with Gasteiger partial charge in [0.15, 0.2) is 0 Å². The number of carbonyl (C=O) groups is 1. The maximum Gasteiger partial charge on any atom is 0.325 e. The molecule has 0 aromatic heterocycles. The Morgan fingerprint density at radius 1 is 1.42 bits per heavy atom. The number of nitrogens with one attached hydrogen (secondary N) is 1. The minimum absolute atomic E-state index is 0.328. The summed E-state index contributed by atoms with van der Waals surface area (Å²) in [5.74, 6) is 0.376. The van der Waals surface area contributed by atoms with Gasteiger partial charge < -0.3 is 15.3 Å². The molecule has 0 bridgehead atoms. The van der Waals surface area contributed by atoms with E-state index < -0.39 is 11.5 Å². The number of carboxylic acid groups (broad SMARTS) is 1. The summed E-state index contributed by atoms with van der Waals surface area (Å²) in [5.41, 5.74) is -0.701. The quantitative estimate of drug-likeness (QED) is 0.741. The molecule has 0 spiro atoms. The Morgan fingerprint density at radius 2 is 2.16 bits per heavy atom. The molecule has 2 fully saturated rings. The monoisotopic (exact) mass is 268 g/mol. The highest BCUT2D eigenvalue weighted by Gasteiger charge is 2.51. The molecule has 2 aliphatic rings. The van der Waals surface area contributed by atoms with E-state index in [0.717, 1.165) is 38.9 Å². The van der Waals surface area contributed by atoms with E-state index in [1.807, 2.05) is 0 Å². The molecule has 0 radical (unpaired) electrons. The predicted octanol–water partition coefficient (Wildman–Crippen LogP) is 1.95. The first-order chi connectivity index (χ1) is 9.08. The Labute approximate surface area is 116 Å². The lowest BCUT2D eigenvalue weighted by Gasteiger charge is -2.39. The fraction of sp³-hybridized carbons (Fsp3) is 0.933. The van der Waals surface area contributed by atoms with Gasteiger partial charge in [0.05, 0.1) is 0 Å². The van der Waals surface area contributed by atoms with Gasteiger partial charge in [-0.25, -0.2) is 0 Å². The van der Waals surface area contributed by atoms with Crippen molar-refractivity contribution in [1.29, 1.82) is 0 Å². The van der Waals surface area contributed by atoms with Crippen LogP contribution in [0, 0.1) is 11.8 Å². The molecule has 0 aromatic rings. The van der Waals surface area contributed by atoms with Crippen LogP contribution in [0.25, 0.3) is 0 Å². The Balaban J connectivity index is 2.05. The first-order valence-corrected chi connectivity index (χ1v) is 7.79.